The monoisotopic (exact) mass is 406 g/mol. The summed E-state index contributed by atoms with van der Waals surface area (Å²) >= 11 is 0. The molecule has 4 atom stereocenters. The first-order chi connectivity index (χ1) is 14.3. The zero-order valence-electron chi connectivity index (χ0n) is 19.4. The third-order valence-corrected chi connectivity index (χ3v) is 7.42. The summed E-state index contributed by atoms with van der Waals surface area (Å²) in [6, 6.07) is 0. The molecule has 0 aromatic carbocycles. The van der Waals surface area contributed by atoms with Crippen LogP contribution in [-0.2, 0) is 9.84 Å². The van der Waals surface area contributed by atoms with Gasteiger partial charge in [0.25, 0.3) is 0 Å². The molecular formula is C27H50O2. The average Bonchev–Trinajstić information content (AvgIpc) is 3.29. The summed E-state index contributed by atoms with van der Waals surface area (Å²) in [5, 5.41) is 11.8. The van der Waals surface area contributed by atoms with Crippen molar-refractivity contribution >= 4 is 0 Å². The van der Waals surface area contributed by atoms with E-state index in [9.17, 15) is 5.11 Å². The lowest BCUT2D eigenvalue weighted by molar-refractivity contribution is -0.0551. The Kier molecular flexibility index (Phi) is 14.4. The Hall–Kier alpha value is -0.0800. The number of hydrogen-bond donors (Lipinski definition) is 0. The Morgan fingerprint density at radius 3 is 1.45 bits per heavy atom. The number of ether oxygens (including phenoxy) is 1. The van der Waals surface area contributed by atoms with Gasteiger partial charge in [-0.15, -0.1) is 0 Å². The zero-order valence-corrected chi connectivity index (χ0v) is 19.4. The molecule has 0 aromatic rings. The third-order valence-electron chi connectivity index (χ3n) is 7.42. The molecule has 0 amide bonds. The van der Waals surface area contributed by atoms with Gasteiger partial charge >= 0.3 is 0 Å². The predicted octanol–water partition coefficient (Wildman–Crippen LogP) is 8.46. The number of rotatable bonds is 20. The first-order valence-corrected chi connectivity index (χ1v) is 13.4. The van der Waals surface area contributed by atoms with Crippen molar-refractivity contribution in [1.82, 2.24) is 0 Å². The highest BCUT2D eigenvalue weighted by Gasteiger charge is 2.46. The topological polar surface area (TPSA) is 29.1 Å². The van der Waals surface area contributed by atoms with Gasteiger partial charge in [0.05, 0.1) is 12.2 Å². The van der Waals surface area contributed by atoms with E-state index in [1.165, 1.54) is 116 Å². The van der Waals surface area contributed by atoms with E-state index in [4.69, 9.17) is 4.74 Å². The Morgan fingerprint density at radius 1 is 0.586 bits per heavy atom. The van der Waals surface area contributed by atoms with Crippen LogP contribution < -0.4 is 0 Å². The molecule has 0 heterocycles. The maximum atomic E-state index is 11.8. The molecule has 2 aliphatic rings. The van der Waals surface area contributed by atoms with Gasteiger partial charge in [0, 0.05) is 12.5 Å². The summed E-state index contributed by atoms with van der Waals surface area (Å²) in [4.78, 5) is 0. The van der Waals surface area contributed by atoms with Crippen molar-refractivity contribution in [2.45, 2.75) is 147 Å². The van der Waals surface area contributed by atoms with Crippen molar-refractivity contribution in [1.29, 1.82) is 0 Å². The van der Waals surface area contributed by atoms with Crippen LogP contribution in [0.15, 0.2) is 0 Å². The minimum absolute atomic E-state index is 0.305. The van der Waals surface area contributed by atoms with Crippen LogP contribution in [0.1, 0.15) is 135 Å². The number of hydrogen-bond acceptors (Lipinski definition) is 1. The zero-order chi connectivity index (χ0) is 20.6. The Morgan fingerprint density at radius 2 is 1.03 bits per heavy atom. The van der Waals surface area contributed by atoms with Crippen LogP contribution in [0, 0.1) is 18.8 Å². The first-order valence-electron chi connectivity index (χ1n) is 13.4. The fraction of sp³-hybridized carbons (Fsp3) is 0.963. The molecule has 170 valence electrons. The maximum Gasteiger partial charge on any atom is 0.0985 e. The van der Waals surface area contributed by atoms with Crippen molar-refractivity contribution in [2.24, 2.45) is 11.8 Å². The Labute approximate surface area is 182 Å². The molecule has 0 aliphatic heterocycles. The second kappa shape index (κ2) is 16.6. The van der Waals surface area contributed by atoms with Crippen LogP contribution in [0.25, 0.3) is 0 Å². The van der Waals surface area contributed by atoms with E-state index < -0.39 is 0 Å². The Balaban J connectivity index is 1.22. The van der Waals surface area contributed by atoms with Crippen molar-refractivity contribution in [3.05, 3.63) is 6.92 Å². The normalized spacial score (nSPS) is 25.9. The molecule has 0 saturated heterocycles. The molecule has 2 aliphatic carbocycles. The van der Waals surface area contributed by atoms with E-state index in [0.717, 1.165) is 25.9 Å². The second-order valence-electron chi connectivity index (χ2n) is 10.0. The first kappa shape index (κ1) is 25.2. The fourth-order valence-electron chi connectivity index (χ4n) is 5.58. The smallest absolute Gasteiger partial charge is 0.0985 e. The van der Waals surface area contributed by atoms with Gasteiger partial charge in [0.1, 0.15) is 0 Å². The molecule has 4 unspecified atom stereocenters. The average molecular weight is 407 g/mol. The molecule has 2 saturated carbocycles. The molecule has 2 fully saturated rings. The lowest BCUT2D eigenvalue weighted by atomic mass is 9.95. The molecule has 2 nitrogen and oxygen atoms in total. The molecule has 2 rings (SSSR count). The standard InChI is InChI=1S/C27H50O2/c1-2-3-4-5-6-7-8-9-10-11-12-13-14-15-16-17-18-19-20-29-27-23-24-21-25(27)26(28)22-24/h24-27H,1-23H2. The lowest BCUT2D eigenvalue weighted by Crippen LogP contribution is -2.30. The largest absolute Gasteiger partial charge is 0.378 e. The van der Waals surface area contributed by atoms with Gasteiger partial charge in [-0.25, -0.2) is 5.11 Å². The number of unbranched alkanes of at least 4 members (excludes halogenated alkanes) is 17. The highest BCUT2D eigenvalue weighted by atomic mass is 16.5. The third kappa shape index (κ3) is 11.2. The molecule has 2 radical (unpaired) electrons. The predicted molar refractivity (Wildman–Crippen MR) is 124 cm³/mol. The van der Waals surface area contributed by atoms with Crippen molar-refractivity contribution in [3.8, 4) is 0 Å². The van der Waals surface area contributed by atoms with Gasteiger partial charge in [-0.1, -0.05) is 116 Å². The van der Waals surface area contributed by atoms with Crippen LogP contribution in [0.4, 0.5) is 0 Å². The summed E-state index contributed by atoms with van der Waals surface area (Å²) in [7, 11) is 0. The summed E-state index contributed by atoms with van der Waals surface area (Å²) in [5.41, 5.74) is 0. The van der Waals surface area contributed by atoms with Crippen LogP contribution >= 0.6 is 0 Å². The van der Waals surface area contributed by atoms with Crippen LogP contribution in [-0.4, -0.2) is 18.8 Å². The lowest BCUT2D eigenvalue weighted by Gasteiger charge is -2.25. The number of fused-ring (bicyclic) bond motifs is 2. The van der Waals surface area contributed by atoms with E-state index in [0.29, 0.717) is 17.9 Å². The summed E-state index contributed by atoms with van der Waals surface area (Å²) < 4.78 is 6.03. The molecule has 29 heavy (non-hydrogen) atoms. The summed E-state index contributed by atoms with van der Waals surface area (Å²) in [6.45, 7) is 4.79. The van der Waals surface area contributed by atoms with Crippen LogP contribution in [0.3, 0.4) is 0 Å². The molecular weight excluding hydrogens is 356 g/mol. The molecule has 2 bridgehead atoms. The molecule has 2 heteroatoms. The fourth-order valence-corrected chi connectivity index (χ4v) is 5.58. The van der Waals surface area contributed by atoms with Crippen molar-refractivity contribution in [3.63, 3.8) is 0 Å². The maximum absolute atomic E-state index is 11.8. The van der Waals surface area contributed by atoms with Gasteiger partial charge < -0.3 is 4.74 Å². The van der Waals surface area contributed by atoms with E-state index in [1.54, 1.807) is 0 Å². The van der Waals surface area contributed by atoms with Crippen LogP contribution in [0.2, 0.25) is 0 Å². The highest BCUT2D eigenvalue weighted by Crippen LogP contribution is 2.46. The molecule has 0 aromatic heterocycles. The molecule has 0 N–H and O–H groups in total. The van der Waals surface area contributed by atoms with Gasteiger partial charge in [-0.2, -0.15) is 0 Å². The van der Waals surface area contributed by atoms with Gasteiger partial charge in [0.2, 0.25) is 0 Å². The van der Waals surface area contributed by atoms with Crippen molar-refractivity contribution < 1.29 is 9.84 Å². The Bertz CT molecular complexity index is 370. The van der Waals surface area contributed by atoms with Gasteiger partial charge in [-0.05, 0) is 31.6 Å². The summed E-state index contributed by atoms with van der Waals surface area (Å²) in [5.74, 6) is 1.03. The van der Waals surface area contributed by atoms with E-state index in [2.05, 4.69) is 6.92 Å². The van der Waals surface area contributed by atoms with Gasteiger partial charge in [0.15, 0.2) is 0 Å². The SMILES string of the molecule is [CH2]CCCCCCCCCCCCCCCCCCCOC1CC2CC([O])C1C2. The van der Waals surface area contributed by atoms with Crippen molar-refractivity contribution in [2.75, 3.05) is 6.61 Å². The van der Waals surface area contributed by atoms with Gasteiger partial charge in [-0.3, -0.25) is 0 Å². The second-order valence-corrected chi connectivity index (χ2v) is 10.0. The highest BCUT2D eigenvalue weighted by molar-refractivity contribution is 4.96. The van der Waals surface area contributed by atoms with E-state index in [1.807, 2.05) is 0 Å². The minimum atomic E-state index is -0.322. The van der Waals surface area contributed by atoms with E-state index in [-0.39, 0.29) is 6.10 Å². The molecule has 0 spiro atoms. The van der Waals surface area contributed by atoms with Crippen LogP contribution in [0.5, 0.6) is 0 Å². The minimum Gasteiger partial charge on any atom is -0.378 e. The quantitative estimate of drug-likeness (QED) is 0.186. The summed E-state index contributed by atoms with van der Waals surface area (Å²) in [6.07, 6.45) is 28.1. The van der Waals surface area contributed by atoms with E-state index >= 15 is 0 Å².